The van der Waals surface area contributed by atoms with Crippen LogP contribution in [0.15, 0.2) is 0 Å². The van der Waals surface area contributed by atoms with Gasteiger partial charge in [0.05, 0.1) is 13.2 Å². The number of nitrogens with zero attached hydrogens (tertiary/aromatic N) is 2. The van der Waals surface area contributed by atoms with E-state index in [1.54, 1.807) is 0 Å². The summed E-state index contributed by atoms with van der Waals surface area (Å²) < 4.78 is 80.8. The molecule has 0 N–H and O–H groups in total. The molecule has 0 aromatic rings. The molecule has 1 saturated heterocycles. The summed E-state index contributed by atoms with van der Waals surface area (Å²) in [6, 6.07) is 0. The number of halogens is 6. The van der Waals surface area contributed by atoms with Crippen LogP contribution in [0, 0.1) is 0 Å². The van der Waals surface area contributed by atoms with E-state index in [4.69, 9.17) is 4.74 Å². The molecule has 0 spiro atoms. The number of carbonyl (C=O) groups excluding carboxylic acids is 1. The van der Waals surface area contributed by atoms with Crippen LogP contribution in [0.25, 0.3) is 0 Å². The zero-order valence-corrected chi connectivity index (χ0v) is 12.7. The number of hydrogen-bond donors (Lipinski definition) is 0. The molecule has 4 nitrogen and oxygen atoms in total. The Bertz CT molecular complexity index is 389. The molecule has 136 valence electrons. The number of alkyl halides is 6. The highest BCUT2D eigenvalue weighted by Crippen LogP contribution is 2.42. The Morgan fingerprint density at radius 2 is 1.78 bits per heavy atom. The van der Waals surface area contributed by atoms with E-state index < -0.39 is 37.0 Å². The minimum absolute atomic E-state index is 0.232. The van der Waals surface area contributed by atoms with Crippen molar-refractivity contribution in [1.82, 2.24) is 9.80 Å². The first-order valence-electron chi connectivity index (χ1n) is 7.16. The van der Waals surface area contributed by atoms with Crippen molar-refractivity contribution in [3.63, 3.8) is 0 Å². The maximum Gasteiger partial charge on any atom is 0.369 e. The fraction of sp³-hybridized carbons (Fsp3) is 0.923. The van der Waals surface area contributed by atoms with Crippen molar-refractivity contribution in [3.8, 4) is 0 Å². The van der Waals surface area contributed by atoms with Gasteiger partial charge in [-0.15, -0.1) is 0 Å². The van der Waals surface area contributed by atoms with Crippen LogP contribution in [0.2, 0.25) is 0 Å². The monoisotopic (exact) mass is 350 g/mol. The van der Waals surface area contributed by atoms with E-state index in [1.807, 2.05) is 4.90 Å². The summed E-state index contributed by atoms with van der Waals surface area (Å²) >= 11 is 0. The van der Waals surface area contributed by atoms with Crippen LogP contribution in [0.3, 0.4) is 0 Å². The van der Waals surface area contributed by atoms with E-state index in [0.29, 0.717) is 32.8 Å². The Labute approximate surface area is 130 Å². The van der Waals surface area contributed by atoms with Crippen LogP contribution in [-0.4, -0.2) is 80.4 Å². The third-order valence-electron chi connectivity index (χ3n) is 3.70. The number of amides is 1. The van der Waals surface area contributed by atoms with Gasteiger partial charge in [-0.05, 0) is 0 Å². The van der Waals surface area contributed by atoms with Gasteiger partial charge in [-0.3, -0.25) is 9.69 Å². The van der Waals surface area contributed by atoms with Gasteiger partial charge in [0, 0.05) is 46.1 Å². The molecule has 0 atom stereocenters. The molecule has 1 aliphatic rings. The Morgan fingerprint density at radius 1 is 1.22 bits per heavy atom. The normalized spacial score (nSPS) is 17.6. The van der Waals surface area contributed by atoms with Crippen LogP contribution in [0.1, 0.15) is 12.8 Å². The molecule has 1 aliphatic heterocycles. The summed E-state index contributed by atoms with van der Waals surface area (Å²) in [5, 5.41) is 0. The second kappa shape index (κ2) is 8.18. The average molecular weight is 350 g/mol. The highest BCUT2D eigenvalue weighted by Gasteiger charge is 2.62. The first-order chi connectivity index (χ1) is 10.6. The largest absolute Gasteiger partial charge is 0.379 e. The maximum atomic E-state index is 13.1. The van der Waals surface area contributed by atoms with Gasteiger partial charge in [-0.2, -0.15) is 17.6 Å². The second-order valence-corrected chi connectivity index (χ2v) is 5.40. The summed E-state index contributed by atoms with van der Waals surface area (Å²) in [6.07, 6.45) is -7.02. The Kier molecular flexibility index (Phi) is 7.12. The Morgan fingerprint density at radius 3 is 2.30 bits per heavy atom. The molecule has 0 aromatic carbocycles. The molecular weight excluding hydrogens is 330 g/mol. The molecule has 0 saturated carbocycles. The second-order valence-electron chi connectivity index (χ2n) is 5.40. The minimum atomic E-state index is -5.44. The third kappa shape index (κ3) is 5.52. The van der Waals surface area contributed by atoms with E-state index in [2.05, 4.69) is 0 Å². The standard InChI is InChI=1S/C13H20F6N2O2/c1-20(4-5-21-6-8-23-9-7-21)10(22)2-3-12(16,17)13(18,19)11(14)15/h11H,2-9H2,1H3. The molecule has 1 fully saturated rings. The van der Waals surface area contributed by atoms with E-state index >= 15 is 0 Å². The molecule has 23 heavy (non-hydrogen) atoms. The molecular formula is C13H20F6N2O2. The third-order valence-corrected chi connectivity index (χ3v) is 3.70. The van der Waals surface area contributed by atoms with Crippen LogP contribution in [0.5, 0.6) is 0 Å². The van der Waals surface area contributed by atoms with E-state index in [0.717, 1.165) is 4.90 Å². The van der Waals surface area contributed by atoms with E-state index in [9.17, 15) is 31.1 Å². The summed E-state index contributed by atoms with van der Waals surface area (Å²) in [4.78, 5) is 14.8. The fourth-order valence-electron chi connectivity index (χ4n) is 2.02. The van der Waals surface area contributed by atoms with Crippen molar-refractivity contribution in [2.75, 3.05) is 46.4 Å². The lowest BCUT2D eigenvalue weighted by molar-refractivity contribution is -0.265. The van der Waals surface area contributed by atoms with Gasteiger partial charge in [0.15, 0.2) is 0 Å². The predicted molar refractivity (Wildman–Crippen MR) is 70.0 cm³/mol. The number of ether oxygens (including phenoxy) is 1. The van der Waals surface area contributed by atoms with Gasteiger partial charge in [0.25, 0.3) is 0 Å². The smallest absolute Gasteiger partial charge is 0.369 e. The summed E-state index contributed by atoms with van der Waals surface area (Å²) in [7, 11) is 1.35. The van der Waals surface area contributed by atoms with Crippen LogP contribution in [0.4, 0.5) is 26.3 Å². The number of hydrogen-bond acceptors (Lipinski definition) is 3. The SMILES string of the molecule is CN(CCN1CCOCC1)C(=O)CCC(F)(F)C(F)(F)C(F)F. The van der Waals surface area contributed by atoms with Gasteiger partial charge in [0.1, 0.15) is 0 Å². The van der Waals surface area contributed by atoms with Crippen molar-refractivity contribution >= 4 is 5.91 Å². The van der Waals surface area contributed by atoms with Crippen molar-refractivity contribution in [2.24, 2.45) is 0 Å². The molecule has 0 aliphatic carbocycles. The molecule has 0 radical (unpaired) electrons. The molecule has 0 aromatic heterocycles. The first-order valence-corrected chi connectivity index (χ1v) is 7.16. The van der Waals surface area contributed by atoms with Crippen LogP contribution in [-0.2, 0) is 9.53 Å². The highest BCUT2D eigenvalue weighted by atomic mass is 19.3. The van der Waals surface area contributed by atoms with Crippen molar-refractivity contribution < 1.29 is 35.9 Å². The van der Waals surface area contributed by atoms with Gasteiger partial charge < -0.3 is 9.64 Å². The Hall–Kier alpha value is -1.03. The van der Waals surface area contributed by atoms with Crippen molar-refractivity contribution in [2.45, 2.75) is 31.1 Å². The lowest BCUT2D eigenvalue weighted by Gasteiger charge is -2.29. The van der Waals surface area contributed by atoms with Crippen molar-refractivity contribution in [1.29, 1.82) is 0 Å². The van der Waals surface area contributed by atoms with E-state index in [-0.39, 0.29) is 6.54 Å². The molecule has 1 amide bonds. The topological polar surface area (TPSA) is 32.8 Å². The van der Waals surface area contributed by atoms with Gasteiger partial charge in [-0.1, -0.05) is 0 Å². The van der Waals surface area contributed by atoms with Gasteiger partial charge in [-0.25, -0.2) is 8.78 Å². The molecule has 10 heteroatoms. The van der Waals surface area contributed by atoms with Gasteiger partial charge in [0.2, 0.25) is 5.91 Å². The highest BCUT2D eigenvalue weighted by molar-refractivity contribution is 5.75. The zero-order valence-electron chi connectivity index (χ0n) is 12.7. The van der Waals surface area contributed by atoms with E-state index in [1.165, 1.54) is 7.05 Å². The lowest BCUT2D eigenvalue weighted by atomic mass is 10.1. The average Bonchev–Trinajstić information content (AvgIpc) is 2.50. The quantitative estimate of drug-likeness (QED) is 0.629. The fourth-order valence-corrected chi connectivity index (χ4v) is 2.02. The zero-order chi connectivity index (χ0) is 17.7. The Balaban J connectivity index is 2.39. The minimum Gasteiger partial charge on any atom is -0.379 e. The van der Waals surface area contributed by atoms with Crippen molar-refractivity contribution in [3.05, 3.63) is 0 Å². The summed E-state index contributed by atoms with van der Waals surface area (Å²) in [5.74, 6) is -11.2. The van der Waals surface area contributed by atoms with Gasteiger partial charge >= 0.3 is 18.3 Å². The molecule has 0 unspecified atom stereocenters. The first kappa shape index (κ1) is 20.0. The lowest BCUT2D eigenvalue weighted by Crippen LogP contribution is -2.47. The predicted octanol–water partition coefficient (Wildman–Crippen LogP) is 2.09. The maximum absolute atomic E-state index is 13.1. The summed E-state index contributed by atoms with van der Waals surface area (Å²) in [5.41, 5.74) is 0. The molecule has 1 rings (SSSR count). The number of morpholine rings is 1. The summed E-state index contributed by atoms with van der Waals surface area (Å²) in [6.45, 7) is 3.21. The molecule has 1 heterocycles. The van der Waals surface area contributed by atoms with Crippen LogP contribution < -0.4 is 0 Å². The molecule has 0 bridgehead atoms. The number of rotatable bonds is 8. The number of likely N-dealkylation sites (N-methyl/N-ethyl adjacent to an activating group) is 1. The van der Waals surface area contributed by atoms with Crippen LogP contribution >= 0.6 is 0 Å². The number of carbonyl (C=O) groups is 1.